The van der Waals surface area contributed by atoms with E-state index in [-0.39, 0.29) is 0 Å². The Balaban J connectivity index is 0.865. The number of anilines is 3. The molecule has 0 aliphatic rings. The van der Waals surface area contributed by atoms with Gasteiger partial charge < -0.3 is 18.5 Å². The zero-order valence-electron chi connectivity index (χ0n) is 36.9. The van der Waals surface area contributed by atoms with Gasteiger partial charge in [0.1, 0.15) is 11.2 Å². The number of para-hydroxylation sites is 5. The van der Waals surface area contributed by atoms with E-state index in [1.165, 1.54) is 71.1 Å². The first kappa shape index (κ1) is 38.2. The van der Waals surface area contributed by atoms with Crippen LogP contribution in [0.15, 0.2) is 253 Å². The first-order valence-corrected chi connectivity index (χ1v) is 23.2. The van der Waals surface area contributed by atoms with E-state index in [1.807, 2.05) is 12.1 Å². The van der Waals surface area contributed by atoms with Gasteiger partial charge in [0.25, 0.3) is 0 Å². The van der Waals surface area contributed by atoms with E-state index in [1.54, 1.807) is 0 Å². The monoisotopic (exact) mass is 867 g/mol. The molecule has 0 unspecified atom stereocenters. The van der Waals surface area contributed by atoms with Gasteiger partial charge in [0.05, 0.1) is 22.1 Å². The molecule has 0 fully saturated rings. The van der Waals surface area contributed by atoms with Crippen molar-refractivity contribution in [1.82, 2.24) is 9.13 Å². The summed E-state index contributed by atoms with van der Waals surface area (Å²) in [4.78, 5) is 2.37. The molecule has 0 N–H and O–H groups in total. The Kier molecular flexibility index (Phi) is 8.55. The Labute approximate surface area is 392 Å². The fourth-order valence-corrected chi connectivity index (χ4v) is 10.7. The zero-order chi connectivity index (χ0) is 44.7. The van der Waals surface area contributed by atoms with Crippen LogP contribution in [-0.2, 0) is 0 Å². The second kappa shape index (κ2) is 15.2. The summed E-state index contributed by atoms with van der Waals surface area (Å²) in [6.07, 6.45) is 0. The standard InChI is InChI=1S/C64H41N3O/c1-3-13-48(14-4-1)66-60-21-11-8-18-54(60)57-39-46(29-35-61(57)66)42-25-30-50(31-26-42)65(52-33-36-64-58(41-52)56-19-9-12-22-63(56)68-64)51-32-27-44-37-43(23-24-45(44)38-51)47-28-34-55-53-17-7-10-20-59(53)67(62(55)40-47)49-15-5-2-6-16-49/h1-41H. The fourth-order valence-electron chi connectivity index (χ4n) is 10.7. The molecule has 4 heteroatoms. The van der Waals surface area contributed by atoms with Crippen molar-refractivity contribution in [2.24, 2.45) is 0 Å². The average Bonchev–Trinajstić information content (AvgIpc) is 4.06. The molecule has 4 nitrogen and oxygen atoms in total. The van der Waals surface area contributed by atoms with E-state index in [0.29, 0.717) is 0 Å². The summed E-state index contributed by atoms with van der Waals surface area (Å²) < 4.78 is 11.1. The maximum Gasteiger partial charge on any atom is 0.135 e. The summed E-state index contributed by atoms with van der Waals surface area (Å²) in [6, 6.07) is 90.0. The highest BCUT2D eigenvalue weighted by Crippen LogP contribution is 2.42. The molecule has 0 spiro atoms. The van der Waals surface area contributed by atoms with Crippen molar-refractivity contribution in [3.05, 3.63) is 249 Å². The second-order valence-electron chi connectivity index (χ2n) is 17.7. The topological polar surface area (TPSA) is 26.2 Å². The number of aromatic nitrogens is 2. The third-order valence-corrected chi connectivity index (χ3v) is 13.9. The normalized spacial score (nSPS) is 11.8. The van der Waals surface area contributed by atoms with Gasteiger partial charge in [-0.2, -0.15) is 0 Å². The molecule has 11 aromatic carbocycles. The summed E-state index contributed by atoms with van der Waals surface area (Å²) in [7, 11) is 0. The van der Waals surface area contributed by atoms with Crippen molar-refractivity contribution in [3.63, 3.8) is 0 Å². The Bertz CT molecular complexity index is 4250. The fraction of sp³-hybridized carbons (Fsp3) is 0. The lowest BCUT2D eigenvalue weighted by molar-refractivity contribution is 0.669. The van der Waals surface area contributed by atoms with Crippen molar-refractivity contribution < 1.29 is 4.42 Å². The Hall–Kier alpha value is -9.12. The number of hydrogen-bond donors (Lipinski definition) is 0. The van der Waals surface area contributed by atoms with Crippen LogP contribution in [0, 0.1) is 0 Å². The number of furan rings is 1. The van der Waals surface area contributed by atoms with Gasteiger partial charge in [-0.15, -0.1) is 0 Å². The maximum atomic E-state index is 6.30. The van der Waals surface area contributed by atoms with Crippen LogP contribution in [0.5, 0.6) is 0 Å². The van der Waals surface area contributed by atoms with E-state index in [2.05, 4.69) is 251 Å². The zero-order valence-corrected chi connectivity index (χ0v) is 36.9. The molecule has 0 saturated heterocycles. The Morgan fingerprint density at radius 2 is 0.750 bits per heavy atom. The molecule has 14 rings (SSSR count). The maximum absolute atomic E-state index is 6.30. The molecule has 68 heavy (non-hydrogen) atoms. The van der Waals surface area contributed by atoms with Gasteiger partial charge in [-0.25, -0.2) is 0 Å². The highest BCUT2D eigenvalue weighted by atomic mass is 16.3. The predicted molar refractivity (Wildman–Crippen MR) is 285 cm³/mol. The van der Waals surface area contributed by atoms with Gasteiger partial charge >= 0.3 is 0 Å². The molecule has 0 saturated carbocycles. The third-order valence-electron chi connectivity index (χ3n) is 13.9. The molecule has 0 radical (unpaired) electrons. The largest absolute Gasteiger partial charge is 0.456 e. The molecular formula is C64H41N3O. The van der Waals surface area contributed by atoms with Gasteiger partial charge in [-0.1, -0.05) is 140 Å². The van der Waals surface area contributed by atoms with Gasteiger partial charge in [-0.3, -0.25) is 0 Å². The smallest absolute Gasteiger partial charge is 0.135 e. The molecule has 3 aromatic heterocycles. The molecule has 0 bridgehead atoms. The van der Waals surface area contributed by atoms with Gasteiger partial charge in [0, 0.05) is 60.8 Å². The van der Waals surface area contributed by atoms with Crippen molar-refractivity contribution in [1.29, 1.82) is 0 Å². The van der Waals surface area contributed by atoms with E-state index in [0.717, 1.165) is 55.9 Å². The minimum atomic E-state index is 0.877. The predicted octanol–water partition coefficient (Wildman–Crippen LogP) is 17.7. The van der Waals surface area contributed by atoms with Crippen LogP contribution >= 0.6 is 0 Å². The summed E-state index contributed by atoms with van der Waals surface area (Å²) >= 11 is 0. The third kappa shape index (κ3) is 6.08. The van der Waals surface area contributed by atoms with Gasteiger partial charge in [-0.05, 0) is 142 Å². The number of nitrogens with zero attached hydrogens (tertiary/aromatic N) is 3. The highest BCUT2D eigenvalue weighted by Gasteiger charge is 2.19. The Morgan fingerprint density at radius 3 is 1.51 bits per heavy atom. The minimum Gasteiger partial charge on any atom is -0.456 e. The molecule has 0 atom stereocenters. The van der Waals surface area contributed by atoms with Crippen LogP contribution in [0.25, 0.3) is 110 Å². The number of rotatable bonds is 7. The molecule has 0 amide bonds. The van der Waals surface area contributed by atoms with Crippen molar-refractivity contribution in [2.45, 2.75) is 0 Å². The summed E-state index contributed by atoms with van der Waals surface area (Å²) in [5.74, 6) is 0. The summed E-state index contributed by atoms with van der Waals surface area (Å²) in [5, 5.41) is 9.55. The van der Waals surface area contributed by atoms with E-state index in [4.69, 9.17) is 4.42 Å². The van der Waals surface area contributed by atoms with Crippen LogP contribution in [0.2, 0.25) is 0 Å². The molecule has 3 heterocycles. The lowest BCUT2D eigenvalue weighted by Crippen LogP contribution is -2.09. The van der Waals surface area contributed by atoms with E-state index >= 15 is 0 Å². The molecule has 318 valence electrons. The van der Waals surface area contributed by atoms with Crippen LogP contribution in [0.3, 0.4) is 0 Å². The van der Waals surface area contributed by atoms with Crippen LogP contribution in [0.1, 0.15) is 0 Å². The summed E-state index contributed by atoms with van der Waals surface area (Å²) in [6.45, 7) is 0. The van der Waals surface area contributed by atoms with Crippen LogP contribution in [0.4, 0.5) is 17.1 Å². The Morgan fingerprint density at radius 1 is 0.265 bits per heavy atom. The van der Waals surface area contributed by atoms with E-state index < -0.39 is 0 Å². The number of benzene rings is 11. The first-order valence-electron chi connectivity index (χ1n) is 23.2. The van der Waals surface area contributed by atoms with Crippen LogP contribution in [-0.4, -0.2) is 9.13 Å². The first-order chi connectivity index (χ1) is 33.7. The molecular weight excluding hydrogens is 827 g/mol. The molecule has 14 aromatic rings. The summed E-state index contributed by atoms with van der Waals surface area (Å²) in [5.41, 5.74) is 16.8. The number of fused-ring (bicyclic) bond motifs is 10. The lowest BCUT2D eigenvalue weighted by Gasteiger charge is -2.26. The quantitative estimate of drug-likeness (QED) is 0.160. The lowest BCUT2D eigenvalue weighted by atomic mass is 9.99. The minimum absolute atomic E-state index is 0.877. The van der Waals surface area contributed by atoms with Crippen molar-refractivity contribution >= 4 is 93.4 Å². The second-order valence-corrected chi connectivity index (χ2v) is 17.7. The SMILES string of the molecule is c1ccc(-n2c3ccccc3c3cc(-c4ccc(N(c5ccc6cc(-c7ccc8c9ccccc9n(-c9ccccc9)c8c7)ccc6c5)c5ccc6oc7ccccc7c6c5)cc4)ccc32)cc1. The highest BCUT2D eigenvalue weighted by molar-refractivity contribution is 6.12. The average molecular weight is 868 g/mol. The van der Waals surface area contributed by atoms with Gasteiger partial charge in [0.2, 0.25) is 0 Å². The van der Waals surface area contributed by atoms with Crippen molar-refractivity contribution in [3.8, 4) is 33.6 Å². The van der Waals surface area contributed by atoms with E-state index in [9.17, 15) is 0 Å². The number of hydrogen-bond acceptors (Lipinski definition) is 2. The van der Waals surface area contributed by atoms with Crippen molar-refractivity contribution in [2.75, 3.05) is 4.90 Å². The molecule has 0 aliphatic carbocycles. The van der Waals surface area contributed by atoms with Crippen LogP contribution < -0.4 is 4.90 Å². The molecule has 0 aliphatic heterocycles. The van der Waals surface area contributed by atoms with Gasteiger partial charge in [0.15, 0.2) is 0 Å².